The Morgan fingerprint density at radius 2 is 2.39 bits per heavy atom. The van der Waals surface area contributed by atoms with E-state index in [4.69, 9.17) is 20.8 Å². The molecule has 0 bridgehead atoms. The largest absolute Gasteiger partial charge is 0.437 e. The summed E-state index contributed by atoms with van der Waals surface area (Å²) in [5.41, 5.74) is 0.869. The van der Waals surface area contributed by atoms with Gasteiger partial charge < -0.3 is 14.5 Å². The maximum absolute atomic E-state index is 13.2. The second kappa shape index (κ2) is 4.50. The van der Waals surface area contributed by atoms with Crippen molar-refractivity contribution in [2.24, 2.45) is 0 Å². The van der Waals surface area contributed by atoms with E-state index in [-0.39, 0.29) is 17.2 Å². The third-order valence-electron chi connectivity index (χ3n) is 3.15. The molecule has 1 N–H and O–H groups in total. The Balaban J connectivity index is 1.96. The average Bonchev–Trinajstić information content (AvgIpc) is 2.93. The Kier molecular flexibility index (Phi) is 2.97. The van der Waals surface area contributed by atoms with E-state index in [1.807, 2.05) is 0 Å². The van der Waals surface area contributed by atoms with E-state index in [1.54, 1.807) is 7.11 Å². The molecule has 3 rings (SSSR count). The first kappa shape index (κ1) is 11.9. The third kappa shape index (κ3) is 1.98. The maximum atomic E-state index is 13.2. The van der Waals surface area contributed by atoms with Crippen LogP contribution in [0.1, 0.15) is 18.4 Å². The second-order valence-electron chi connectivity index (χ2n) is 4.34. The summed E-state index contributed by atoms with van der Waals surface area (Å²) in [5, 5.41) is 3.49. The normalized spacial score (nSPS) is 23.9. The number of fused-ring (bicyclic) bond motifs is 1. The van der Waals surface area contributed by atoms with Crippen LogP contribution in [0.2, 0.25) is 5.02 Å². The number of nitrogens with zero attached hydrogens (tertiary/aromatic N) is 1. The number of oxazole rings is 1. The molecule has 1 saturated heterocycles. The van der Waals surface area contributed by atoms with E-state index in [9.17, 15) is 4.39 Å². The smallest absolute Gasteiger partial charge is 0.212 e. The Morgan fingerprint density at radius 1 is 1.56 bits per heavy atom. The number of halogens is 2. The van der Waals surface area contributed by atoms with Gasteiger partial charge in [-0.2, -0.15) is 0 Å². The van der Waals surface area contributed by atoms with E-state index in [0.717, 1.165) is 13.0 Å². The molecule has 18 heavy (non-hydrogen) atoms. The summed E-state index contributed by atoms with van der Waals surface area (Å²) in [6.45, 7) is 0.752. The molecule has 0 spiro atoms. The van der Waals surface area contributed by atoms with Gasteiger partial charge >= 0.3 is 0 Å². The molecule has 2 atom stereocenters. The molecule has 1 aromatic carbocycles. The molecule has 4 nitrogen and oxygen atoms in total. The highest BCUT2D eigenvalue weighted by atomic mass is 35.5. The molecular formula is C12H12ClFN2O2. The van der Waals surface area contributed by atoms with Gasteiger partial charge in [0.05, 0.1) is 17.2 Å². The molecule has 0 radical (unpaired) electrons. The number of hydrogen-bond acceptors (Lipinski definition) is 4. The summed E-state index contributed by atoms with van der Waals surface area (Å²) in [5.74, 6) is 0.110. The lowest BCUT2D eigenvalue weighted by molar-refractivity contribution is 0.116. The first-order valence-corrected chi connectivity index (χ1v) is 6.07. The summed E-state index contributed by atoms with van der Waals surface area (Å²) in [4.78, 5) is 4.28. The zero-order valence-electron chi connectivity index (χ0n) is 9.74. The molecule has 1 aromatic heterocycles. The average molecular weight is 271 g/mol. The van der Waals surface area contributed by atoms with Gasteiger partial charge in [0, 0.05) is 19.7 Å². The van der Waals surface area contributed by atoms with Gasteiger partial charge in [-0.05, 0) is 12.5 Å². The predicted molar refractivity (Wildman–Crippen MR) is 65.1 cm³/mol. The topological polar surface area (TPSA) is 47.3 Å². The predicted octanol–water partition coefficient (Wildman–Crippen LogP) is 2.67. The van der Waals surface area contributed by atoms with E-state index >= 15 is 0 Å². The van der Waals surface area contributed by atoms with Crippen molar-refractivity contribution in [3.63, 3.8) is 0 Å². The van der Waals surface area contributed by atoms with Gasteiger partial charge in [-0.15, -0.1) is 0 Å². The minimum Gasteiger partial charge on any atom is -0.437 e. The molecule has 96 valence electrons. The highest BCUT2D eigenvalue weighted by Crippen LogP contribution is 2.31. The quantitative estimate of drug-likeness (QED) is 0.911. The number of nitrogens with one attached hydrogen (secondary N) is 1. The van der Waals surface area contributed by atoms with Gasteiger partial charge in [-0.25, -0.2) is 9.37 Å². The summed E-state index contributed by atoms with van der Waals surface area (Å²) in [6, 6.07) is 2.53. The lowest BCUT2D eigenvalue weighted by atomic mass is 10.2. The standard InChI is InChI=1S/C12H12ClFN2O2/c1-17-7-4-10(15-5-7)12-16-9-3-6(14)2-8(13)11(9)18-12/h2-3,7,10,15H,4-5H2,1H3. The van der Waals surface area contributed by atoms with E-state index in [0.29, 0.717) is 17.0 Å². The van der Waals surface area contributed by atoms with Crippen molar-refractivity contribution in [3.05, 3.63) is 28.9 Å². The summed E-state index contributed by atoms with van der Waals surface area (Å²) >= 11 is 5.92. The van der Waals surface area contributed by atoms with E-state index in [2.05, 4.69) is 10.3 Å². The molecular weight excluding hydrogens is 259 g/mol. The van der Waals surface area contributed by atoms with Gasteiger partial charge in [0.1, 0.15) is 11.3 Å². The molecule has 1 aliphatic heterocycles. The van der Waals surface area contributed by atoms with Crippen LogP contribution in [0.3, 0.4) is 0 Å². The SMILES string of the molecule is COC1CNC(c2nc3cc(F)cc(Cl)c3o2)C1. The fourth-order valence-electron chi connectivity index (χ4n) is 2.20. The zero-order valence-corrected chi connectivity index (χ0v) is 10.5. The number of ether oxygens (including phenoxy) is 1. The fourth-order valence-corrected chi connectivity index (χ4v) is 2.44. The number of benzene rings is 1. The molecule has 0 amide bonds. The highest BCUT2D eigenvalue weighted by molar-refractivity contribution is 6.34. The van der Waals surface area contributed by atoms with Crippen molar-refractivity contribution in [3.8, 4) is 0 Å². The molecule has 2 unspecified atom stereocenters. The Labute approximate surface area is 108 Å². The van der Waals surface area contributed by atoms with Crippen molar-refractivity contribution < 1.29 is 13.5 Å². The Hall–Kier alpha value is -1.17. The Morgan fingerprint density at radius 3 is 3.11 bits per heavy atom. The number of methoxy groups -OCH3 is 1. The fraction of sp³-hybridized carbons (Fsp3) is 0.417. The van der Waals surface area contributed by atoms with Gasteiger partial charge in [-0.1, -0.05) is 11.6 Å². The van der Waals surface area contributed by atoms with Crippen molar-refractivity contribution in [1.29, 1.82) is 0 Å². The minimum atomic E-state index is -0.415. The van der Waals surface area contributed by atoms with Crippen molar-refractivity contribution in [2.75, 3.05) is 13.7 Å². The molecule has 1 fully saturated rings. The molecule has 2 heterocycles. The van der Waals surface area contributed by atoms with Crippen molar-refractivity contribution in [2.45, 2.75) is 18.6 Å². The van der Waals surface area contributed by atoms with Gasteiger partial charge in [0.25, 0.3) is 0 Å². The zero-order chi connectivity index (χ0) is 12.7. The first-order valence-electron chi connectivity index (χ1n) is 5.69. The van der Waals surface area contributed by atoms with Crippen molar-refractivity contribution in [1.82, 2.24) is 10.3 Å². The van der Waals surface area contributed by atoms with Gasteiger partial charge in [0.2, 0.25) is 5.89 Å². The van der Waals surface area contributed by atoms with Crippen LogP contribution in [0, 0.1) is 5.82 Å². The lowest BCUT2D eigenvalue weighted by Crippen LogP contribution is -2.16. The molecule has 6 heteroatoms. The first-order chi connectivity index (χ1) is 8.67. The molecule has 0 saturated carbocycles. The molecule has 2 aromatic rings. The van der Waals surface area contributed by atoms with Crippen LogP contribution in [-0.2, 0) is 4.74 Å². The minimum absolute atomic E-state index is 0.0125. The maximum Gasteiger partial charge on any atom is 0.212 e. The van der Waals surface area contributed by atoms with Crippen molar-refractivity contribution >= 4 is 22.7 Å². The summed E-state index contributed by atoms with van der Waals surface area (Å²) < 4.78 is 24.1. The van der Waals surface area contributed by atoms with Crippen LogP contribution in [0.15, 0.2) is 16.5 Å². The monoisotopic (exact) mass is 270 g/mol. The third-order valence-corrected chi connectivity index (χ3v) is 3.43. The second-order valence-corrected chi connectivity index (χ2v) is 4.75. The summed E-state index contributed by atoms with van der Waals surface area (Å²) in [6.07, 6.45) is 0.931. The van der Waals surface area contributed by atoms with E-state index < -0.39 is 5.82 Å². The lowest BCUT2D eigenvalue weighted by Gasteiger charge is -2.04. The van der Waals surface area contributed by atoms with Crippen LogP contribution in [-0.4, -0.2) is 24.7 Å². The molecule has 1 aliphatic rings. The van der Waals surface area contributed by atoms with Gasteiger partial charge in [0.15, 0.2) is 5.58 Å². The number of aromatic nitrogens is 1. The van der Waals surface area contributed by atoms with E-state index in [1.165, 1.54) is 12.1 Å². The van der Waals surface area contributed by atoms with Crippen LogP contribution >= 0.6 is 11.6 Å². The number of hydrogen-bond donors (Lipinski definition) is 1. The van der Waals surface area contributed by atoms with Crippen LogP contribution < -0.4 is 5.32 Å². The van der Waals surface area contributed by atoms with Crippen LogP contribution in [0.5, 0.6) is 0 Å². The molecule has 0 aliphatic carbocycles. The highest BCUT2D eigenvalue weighted by Gasteiger charge is 2.29. The Bertz CT molecular complexity index is 587. The summed E-state index contributed by atoms with van der Waals surface area (Å²) in [7, 11) is 1.67. The number of rotatable bonds is 2. The van der Waals surface area contributed by atoms with Crippen LogP contribution in [0.25, 0.3) is 11.1 Å². The van der Waals surface area contributed by atoms with Crippen LogP contribution in [0.4, 0.5) is 4.39 Å². The van der Waals surface area contributed by atoms with Gasteiger partial charge in [-0.3, -0.25) is 0 Å².